The van der Waals surface area contributed by atoms with E-state index in [4.69, 9.17) is 21.6 Å². The van der Waals surface area contributed by atoms with Crippen molar-refractivity contribution < 1.29 is 13.9 Å². The Morgan fingerprint density at radius 3 is 2.82 bits per heavy atom. The first-order valence-corrected chi connectivity index (χ1v) is 7.84. The van der Waals surface area contributed by atoms with Gasteiger partial charge in [-0.15, -0.1) is 11.8 Å². The molecule has 112 valence electrons. The Bertz CT molecular complexity index is 758. The second-order valence-corrected chi connectivity index (χ2v) is 5.63. The molecule has 2 aromatic rings. The summed E-state index contributed by atoms with van der Waals surface area (Å²) in [6, 6.07) is 10.8. The van der Waals surface area contributed by atoms with Gasteiger partial charge in [-0.2, -0.15) is 5.26 Å². The molecule has 0 aliphatic heterocycles. The zero-order chi connectivity index (χ0) is 16.1. The molecule has 22 heavy (non-hydrogen) atoms. The van der Waals surface area contributed by atoms with Crippen molar-refractivity contribution in [3.8, 4) is 6.07 Å². The predicted octanol–water partition coefficient (Wildman–Crippen LogP) is 4.43. The van der Waals surface area contributed by atoms with Crippen LogP contribution in [0.3, 0.4) is 0 Å². The van der Waals surface area contributed by atoms with Crippen molar-refractivity contribution in [1.82, 2.24) is 0 Å². The first-order valence-electron chi connectivity index (χ1n) is 6.24. The second-order valence-electron chi connectivity index (χ2n) is 4.34. The van der Waals surface area contributed by atoms with E-state index in [-0.39, 0.29) is 22.8 Å². The van der Waals surface area contributed by atoms with Gasteiger partial charge in [0.05, 0.1) is 22.2 Å². The third-order valence-corrected chi connectivity index (χ3v) is 3.98. The highest BCUT2D eigenvalue weighted by Crippen LogP contribution is 2.24. The zero-order valence-electron chi connectivity index (χ0n) is 11.6. The van der Waals surface area contributed by atoms with E-state index in [1.54, 1.807) is 18.2 Å². The number of thioether (sulfide) groups is 1. The van der Waals surface area contributed by atoms with Crippen molar-refractivity contribution in [3.63, 3.8) is 0 Å². The van der Waals surface area contributed by atoms with Crippen LogP contribution in [-0.2, 0) is 11.3 Å². The molecule has 0 aliphatic rings. The zero-order valence-corrected chi connectivity index (χ0v) is 13.2. The summed E-state index contributed by atoms with van der Waals surface area (Å²) in [6.45, 7) is -0.264. The average molecular weight is 336 g/mol. The molecule has 0 fully saturated rings. The molecule has 0 spiro atoms. The molecule has 0 amide bonds. The molecule has 0 unspecified atom stereocenters. The fraction of sp³-hybridized carbons (Fsp3) is 0.125. The molecular weight excluding hydrogens is 325 g/mol. The van der Waals surface area contributed by atoms with Crippen molar-refractivity contribution in [2.75, 3.05) is 6.26 Å². The summed E-state index contributed by atoms with van der Waals surface area (Å²) in [5, 5.41) is 9.07. The third kappa shape index (κ3) is 3.79. The molecule has 0 saturated carbocycles. The van der Waals surface area contributed by atoms with Crippen LogP contribution in [0.1, 0.15) is 21.5 Å². The van der Waals surface area contributed by atoms with Crippen LogP contribution < -0.4 is 0 Å². The lowest BCUT2D eigenvalue weighted by atomic mass is 10.1. The van der Waals surface area contributed by atoms with Crippen LogP contribution in [0.2, 0.25) is 5.02 Å². The number of nitrogens with zero attached hydrogens (tertiary/aromatic N) is 1. The molecule has 0 radical (unpaired) electrons. The fourth-order valence-electron chi connectivity index (χ4n) is 1.76. The lowest BCUT2D eigenvalue weighted by molar-refractivity contribution is 0.0469. The number of carbonyl (C=O) groups excluding carboxylic acids is 1. The molecule has 0 aliphatic carbocycles. The molecule has 6 heteroatoms. The Morgan fingerprint density at radius 1 is 1.36 bits per heavy atom. The van der Waals surface area contributed by atoms with Gasteiger partial charge in [0, 0.05) is 10.5 Å². The summed E-state index contributed by atoms with van der Waals surface area (Å²) in [7, 11) is 0. The smallest absolute Gasteiger partial charge is 0.340 e. The van der Waals surface area contributed by atoms with Gasteiger partial charge >= 0.3 is 5.97 Å². The highest BCUT2D eigenvalue weighted by molar-refractivity contribution is 7.98. The van der Waals surface area contributed by atoms with Gasteiger partial charge in [0.25, 0.3) is 0 Å². The minimum absolute atomic E-state index is 0.143. The number of rotatable bonds is 4. The first-order chi connectivity index (χ1) is 10.5. The van der Waals surface area contributed by atoms with Gasteiger partial charge in [-0.05, 0) is 42.7 Å². The van der Waals surface area contributed by atoms with E-state index in [1.807, 2.05) is 12.3 Å². The number of halogens is 2. The van der Waals surface area contributed by atoms with E-state index in [0.29, 0.717) is 5.56 Å². The van der Waals surface area contributed by atoms with Crippen molar-refractivity contribution in [3.05, 3.63) is 63.9 Å². The molecular formula is C16H11ClFNO2S. The topological polar surface area (TPSA) is 50.1 Å². The molecule has 0 atom stereocenters. The van der Waals surface area contributed by atoms with Crippen LogP contribution in [0.4, 0.5) is 4.39 Å². The number of carbonyl (C=O) groups is 1. The largest absolute Gasteiger partial charge is 0.457 e. The van der Waals surface area contributed by atoms with Crippen LogP contribution in [0.15, 0.2) is 41.3 Å². The Hall–Kier alpha value is -2.03. The molecule has 2 aromatic carbocycles. The summed E-state index contributed by atoms with van der Waals surface area (Å²) in [4.78, 5) is 12.9. The molecule has 0 aromatic heterocycles. The average Bonchev–Trinajstić information content (AvgIpc) is 2.54. The maximum Gasteiger partial charge on any atom is 0.340 e. The van der Waals surface area contributed by atoms with E-state index in [0.717, 1.165) is 4.90 Å². The van der Waals surface area contributed by atoms with Crippen molar-refractivity contribution in [2.24, 2.45) is 0 Å². The van der Waals surface area contributed by atoms with E-state index in [9.17, 15) is 9.18 Å². The monoisotopic (exact) mass is 335 g/mol. The molecule has 0 N–H and O–H groups in total. The van der Waals surface area contributed by atoms with Crippen LogP contribution in [-0.4, -0.2) is 12.2 Å². The third-order valence-electron chi connectivity index (χ3n) is 2.93. The molecule has 2 rings (SSSR count). The number of esters is 1. The van der Waals surface area contributed by atoms with E-state index in [1.165, 1.54) is 30.0 Å². The lowest BCUT2D eigenvalue weighted by Gasteiger charge is -2.08. The Balaban J connectivity index is 2.15. The highest BCUT2D eigenvalue weighted by Gasteiger charge is 2.14. The number of hydrogen-bond acceptors (Lipinski definition) is 4. The molecule has 0 saturated heterocycles. The Morgan fingerprint density at radius 2 is 2.14 bits per heavy atom. The molecule has 3 nitrogen and oxygen atoms in total. The van der Waals surface area contributed by atoms with E-state index < -0.39 is 11.8 Å². The fourth-order valence-corrected chi connectivity index (χ4v) is 2.40. The van der Waals surface area contributed by atoms with Crippen molar-refractivity contribution in [1.29, 1.82) is 5.26 Å². The SMILES string of the molecule is CSc1ccc(Cl)c(C(=O)OCc2cc(C#N)ccc2F)c1. The van der Waals surface area contributed by atoms with Gasteiger partial charge in [0.15, 0.2) is 0 Å². The quantitative estimate of drug-likeness (QED) is 0.612. The van der Waals surface area contributed by atoms with Crippen LogP contribution in [0.5, 0.6) is 0 Å². The summed E-state index contributed by atoms with van der Waals surface area (Å²) in [6.07, 6.45) is 1.88. The van der Waals surface area contributed by atoms with Crippen LogP contribution in [0.25, 0.3) is 0 Å². The lowest BCUT2D eigenvalue weighted by Crippen LogP contribution is -2.07. The van der Waals surface area contributed by atoms with Crippen LogP contribution >= 0.6 is 23.4 Å². The number of hydrogen-bond donors (Lipinski definition) is 0. The van der Waals surface area contributed by atoms with E-state index in [2.05, 4.69) is 0 Å². The molecule has 0 heterocycles. The maximum atomic E-state index is 13.6. The maximum absolute atomic E-state index is 13.6. The van der Waals surface area contributed by atoms with Gasteiger partial charge in [0.1, 0.15) is 12.4 Å². The minimum atomic E-state index is -0.636. The van der Waals surface area contributed by atoms with Gasteiger partial charge in [-0.3, -0.25) is 0 Å². The number of nitriles is 1. The van der Waals surface area contributed by atoms with Crippen molar-refractivity contribution >= 4 is 29.3 Å². The minimum Gasteiger partial charge on any atom is -0.457 e. The predicted molar refractivity (Wildman–Crippen MR) is 83.5 cm³/mol. The first kappa shape index (κ1) is 16.3. The van der Waals surface area contributed by atoms with Gasteiger partial charge in [0.2, 0.25) is 0 Å². The highest BCUT2D eigenvalue weighted by atomic mass is 35.5. The normalized spacial score (nSPS) is 10.1. The second kappa shape index (κ2) is 7.30. The Kier molecular flexibility index (Phi) is 5.42. The molecule has 0 bridgehead atoms. The van der Waals surface area contributed by atoms with Gasteiger partial charge < -0.3 is 4.74 Å². The summed E-state index contributed by atoms with van der Waals surface area (Å²) in [5.41, 5.74) is 0.671. The standard InChI is InChI=1S/C16H11ClFNO2S/c1-22-12-3-4-14(17)13(7-12)16(20)21-9-11-6-10(8-19)2-5-15(11)18/h2-7H,9H2,1H3. The summed E-state index contributed by atoms with van der Waals surface area (Å²) < 4.78 is 18.7. The number of benzene rings is 2. The summed E-state index contributed by atoms with van der Waals surface area (Å²) >= 11 is 7.45. The van der Waals surface area contributed by atoms with Crippen LogP contribution in [0, 0.1) is 17.1 Å². The van der Waals surface area contributed by atoms with Crippen molar-refractivity contribution in [2.45, 2.75) is 11.5 Å². The number of ether oxygens (including phenoxy) is 1. The van der Waals surface area contributed by atoms with Gasteiger partial charge in [-0.1, -0.05) is 11.6 Å². The Labute approximate surface area is 136 Å². The van der Waals surface area contributed by atoms with Gasteiger partial charge in [-0.25, -0.2) is 9.18 Å². The van der Waals surface area contributed by atoms with E-state index >= 15 is 0 Å². The summed E-state index contributed by atoms with van der Waals surface area (Å²) in [5.74, 6) is -1.17.